The monoisotopic (exact) mass is 715 g/mol. The molecule has 0 aromatic rings. The third kappa shape index (κ3) is 37.4. The summed E-state index contributed by atoms with van der Waals surface area (Å²) in [7, 11) is -3.94. The Kier molecular flexibility index (Phi) is 37.5. The Balaban J connectivity index is 4.69. The van der Waals surface area contributed by atoms with Gasteiger partial charge in [-0.25, -0.2) is 0 Å². The molecular formula is C44H92NO3S+. The van der Waals surface area contributed by atoms with Crippen molar-refractivity contribution in [2.75, 3.05) is 31.9 Å². The minimum atomic E-state index is -3.94. The molecule has 0 aliphatic carbocycles. The zero-order chi connectivity index (χ0) is 36.0. The highest BCUT2D eigenvalue weighted by molar-refractivity contribution is 7.85. The predicted octanol–water partition coefficient (Wildman–Crippen LogP) is 14.8. The number of quaternary nitrogens is 1. The van der Waals surface area contributed by atoms with E-state index in [4.69, 9.17) is 0 Å². The van der Waals surface area contributed by atoms with Gasteiger partial charge in [0.1, 0.15) is 5.75 Å². The van der Waals surface area contributed by atoms with E-state index in [0.29, 0.717) is 6.54 Å². The van der Waals surface area contributed by atoms with Crippen LogP contribution in [0.2, 0.25) is 0 Å². The van der Waals surface area contributed by atoms with Crippen molar-refractivity contribution in [3.63, 3.8) is 0 Å². The molecule has 4 nitrogen and oxygen atoms in total. The summed E-state index contributed by atoms with van der Waals surface area (Å²) in [5.74, 6) is -0.0816. The Morgan fingerprint density at radius 3 is 0.673 bits per heavy atom. The van der Waals surface area contributed by atoms with E-state index in [2.05, 4.69) is 20.8 Å². The molecule has 0 unspecified atom stereocenters. The number of nitrogens with zero attached hydrogens (tertiary/aromatic N) is 1. The lowest BCUT2D eigenvalue weighted by Crippen LogP contribution is -2.52. The van der Waals surface area contributed by atoms with Gasteiger partial charge in [0.25, 0.3) is 10.1 Å². The Hall–Kier alpha value is -0.130. The molecule has 0 aliphatic heterocycles. The maximum absolute atomic E-state index is 11.9. The van der Waals surface area contributed by atoms with Gasteiger partial charge in [-0.2, -0.15) is 8.42 Å². The van der Waals surface area contributed by atoms with Gasteiger partial charge in [0.15, 0.2) is 0 Å². The van der Waals surface area contributed by atoms with E-state index < -0.39 is 10.1 Å². The molecule has 49 heavy (non-hydrogen) atoms. The molecule has 0 aromatic carbocycles. The normalized spacial score (nSPS) is 12.3. The first-order valence-electron chi connectivity index (χ1n) is 22.7. The summed E-state index contributed by atoms with van der Waals surface area (Å²) >= 11 is 0. The van der Waals surface area contributed by atoms with Gasteiger partial charge in [0.05, 0.1) is 26.2 Å². The molecule has 0 bridgehead atoms. The molecule has 0 heterocycles. The molecule has 0 aromatic heterocycles. The summed E-state index contributed by atoms with van der Waals surface area (Å²) in [4.78, 5) is 0. The third-order valence-corrected chi connectivity index (χ3v) is 12.0. The zero-order valence-electron chi connectivity index (χ0n) is 34.1. The van der Waals surface area contributed by atoms with Crippen LogP contribution in [0, 0.1) is 0 Å². The quantitative estimate of drug-likeness (QED) is 0.0389. The second kappa shape index (κ2) is 37.6. The Morgan fingerprint density at radius 1 is 0.306 bits per heavy atom. The lowest BCUT2D eigenvalue weighted by Gasteiger charge is -2.39. The summed E-state index contributed by atoms with van der Waals surface area (Å²) < 4.78 is 34.6. The second-order valence-corrected chi connectivity index (χ2v) is 17.8. The minimum absolute atomic E-state index is 0.0816. The fourth-order valence-electron chi connectivity index (χ4n) is 7.84. The molecule has 0 fully saturated rings. The SMILES string of the molecule is CCCCCCCCCCCCCC[N+](CCCCCCCCCCCCCC)(CCCCCCCCCCCCCC)CCS(=O)(=O)O. The lowest BCUT2D eigenvalue weighted by atomic mass is 10.0. The Morgan fingerprint density at radius 2 is 0.490 bits per heavy atom. The Bertz CT molecular complexity index is 671. The smallest absolute Gasteiger partial charge is 0.270 e. The predicted molar refractivity (Wildman–Crippen MR) is 219 cm³/mol. The van der Waals surface area contributed by atoms with Gasteiger partial charge in [0.2, 0.25) is 0 Å². The van der Waals surface area contributed by atoms with E-state index in [-0.39, 0.29) is 5.75 Å². The highest BCUT2D eigenvalue weighted by Gasteiger charge is 2.28. The van der Waals surface area contributed by atoms with Gasteiger partial charge in [-0.1, -0.05) is 213 Å². The maximum atomic E-state index is 11.9. The third-order valence-electron chi connectivity index (χ3n) is 11.3. The van der Waals surface area contributed by atoms with Crippen LogP contribution in [0.3, 0.4) is 0 Å². The van der Waals surface area contributed by atoms with E-state index in [0.717, 1.165) is 24.1 Å². The molecule has 0 radical (unpaired) electrons. The molecule has 5 heteroatoms. The van der Waals surface area contributed by atoms with Crippen LogP contribution in [0.4, 0.5) is 0 Å². The van der Waals surface area contributed by atoms with Gasteiger partial charge in [-0.15, -0.1) is 0 Å². The van der Waals surface area contributed by atoms with Crippen LogP contribution in [-0.2, 0) is 10.1 Å². The van der Waals surface area contributed by atoms with Crippen LogP contribution in [0.1, 0.15) is 252 Å². The van der Waals surface area contributed by atoms with Crippen LogP contribution in [-0.4, -0.2) is 49.4 Å². The van der Waals surface area contributed by atoms with Crippen LogP contribution >= 0.6 is 0 Å². The molecule has 0 amide bonds. The van der Waals surface area contributed by atoms with Crippen LogP contribution in [0.5, 0.6) is 0 Å². The highest BCUT2D eigenvalue weighted by Crippen LogP contribution is 2.20. The Labute approximate surface area is 310 Å². The highest BCUT2D eigenvalue weighted by atomic mass is 32.2. The van der Waals surface area contributed by atoms with E-state index in [1.54, 1.807) is 0 Å². The summed E-state index contributed by atoms with van der Waals surface area (Å²) in [5, 5.41) is 0. The molecule has 0 saturated carbocycles. The average Bonchev–Trinajstić information content (AvgIpc) is 3.08. The lowest BCUT2D eigenvalue weighted by molar-refractivity contribution is -0.926. The van der Waals surface area contributed by atoms with Gasteiger partial charge in [0, 0.05) is 0 Å². The first-order chi connectivity index (χ1) is 23.9. The van der Waals surface area contributed by atoms with Gasteiger partial charge >= 0.3 is 0 Å². The summed E-state index contributed by atoms with van der Waals surface area (Å²) in [6.07, 6.45) is 48.7. The molecule has 0 saturated heterocycles. The van der Waals surface area contributed by atoms with Gasteiger partial charge in [-0.3, -0.25) is 4.55 Å². The topological polar surface area (TPSA) is 54.4 Å². The van der Waals surface area contributed by atoms with Crippen LogP contribution < -0.4 is 0 Å². The van der Waals surface area contributed by atoms with Gasteiger partial charge < -0.3 is 4.48 Å². The van der Waals surface area contributed by atoms with Crippen molar-refractivity contribution < 1.29 is 17.5 Å². The van der Waals surface area contributed by atoms with Crippen molar-refractivity contribution in [3.05, 3.63) is 0 Å². The summed E-state index contributed by atoms with van der Waals surface area (Å²) in [6.45, 7) is 10.7. The van der Waals surface area contributed by atoms with E-state index in [9.17, 15) is 13.0 Å². The van der Waals surface area contributed by atoms with E-state index in [1.165, 1.54) is 231 Å². The van der Waals surface area contributed by atoms with Crippen LogP contribution in [0.15, 0.2) is 0 Å². The maximum Gasteiger partial charge on any atom is 0.270 e. The first-order valence-corrected chi connectivity index (χ1v) is 24.3. The summed E-state index contributed by atoms with van der Waals surface area (Å²) in [6, 6.07) is 0. The minimum Gasteiger partial charge on any atom is -0.323 e. The van der Waals surface area contributed by atoms with Crippen LogP contribution in [0.25, 0.3) is 0 Å². The fraction of sp³-hybridized carbons (Fsp3) is 1.00. The molecule has 0 aliphatic rings. The van der Waals surface area contributed by atoms with Crippen molar-refractivity contribution in [2.45, 2.75) is 252 Å². The van der Waals surface area contributed by atoms with Crippen molar-refractivity contribution in [1.82, 2.24) is 0 Å². The van der Waals surface area contributed by atoms with Crippen molar-refractivity contribution >= 4 is 10.1 Å². The van der Waals surface area contributed by atoms with E-state index in [1.807, 2.05) is 0 Å². The standard InChI is InChI=1S/C44H91NO3S/c1-4-7-10-13-16-19-22-25-28-31-34-37-40-45(43-44-49(46,47)48,41-38-35-32-29-26-23-20-17-14-11-8-5-2)42-39-36-33-30-27-24-21-18-15-12-9-6-3/h4-44H2,1-3H3/p+1. The molecule has 0 spiro atoms. The number of hydrogen-bond acceptors (Lipinski definition) is 2. The molecule has 0 atom stereocenters. The van der Waals surface area contributed by atoms with Crippen molar-refractivity contribution in [3.8, 4) is 0 Å². The molecule has 296 valence electrons. The van der Waals surface area contributed by atoms with Gasteiger partial charge in [-0.05, 0) is 38.5 Å². The fourth-order valence-corrected chi connectivity index (χ4v) is 8.46. The van der Waals surface area contributed by atoms with Crippen molar-refractivity contribution in [1.29, 1.82) is 0 Å². The number of rotatable bonds is 42. The van der Waals surface area contributed by atoms with Crippen molar-refractivity contribution in [2.24, 2.45) is 0 Å². The van der Waals surface area contributed by atoms with E-state index >= 15 is 0 Å². The summed E-state index contributed by atoms with van der Waals surface area (Å²) in [5.41, 5.74) is 0. The molecule has 0 rings (SSSR count). The number of hydrogen-bond donors (Lipinski definition) is 1. The average molecular weight is 715 g/mol. The first kappa shape index (κ1) is 48.9. The zero-order valence-corrected chi connectivity index (χ0v) is 34.9. The molecular weight excluding hydrogens is 623 g/mol. The largest absolute Gasteiger partial charge is 0.323 e. The number of unbranched alkanes of at least 4 members (excludes halogenated alkanes) is 33. The second-order valence-electron chi connectivity index (χ2n) is 16.2. The molecule has 1 N–H and O–H groups in total.